The molecule has 2 aromatic rings. The number of halogens is 2. The molecule has 0 fully saturated rings. The molecule has 0 aliphatic rings. The van der Waals surface area contributed by atoms with Gasteiger partial charge in [0.2, 0.25) is 5.95 Å². The number of aromatic nitrogens is 1. The van der Waals surface area contributed by atoms with Gasteiger partial charge in [-0.05, 0) is 35.4 Å². The highest BCUT2D eigenvalue weighted by Gasteiger charge is 2.09. The molecule has 1 atom stereocenters. The molecule has 0 aliphatic carbocycles. The molecule has 1 aromatic carbocycles. The van der Waals surface area contributed by atoms with Crippen LogP contribution in [0.25, 0.3) is 0 Å². The first-order valence-electron chi connectivity index (χ1n) is 4.79. The summed E-state index contributed by atoms with van der Waals surface area (Å²) in [4.78, 5) is 3.49. The van der Waals surface area contributed by atoms with Gasteiger partial charge in [-0.1, -0.05) is 23.7 Å². The Morgan fingerprint density at radius 2 is 1.81 bits per heavy atom. The summed E-state index contributed by atoms with van der Waals surface area (Å²) >= 11 is 5.78. The average Bonchev–Trinajstić information content (AvgIpc) is 2.29. The zero-order valence-electron chi connectivity index (χ0n) is 8.40. The SMILES string of the molecule is NC(c1ccc(Cl)cc1)c1ccnc(F)c1. The Balaban J connectivity index is 2.31. The second kappa shape index (κ2) is 4.60. The Kier molecular flexibility index (Phi) is 3.17. The molecule has 2 nitrogen and oxygen atoms in total. The fraction of sp³-hybridized carbons (Fsp3) is 0.0833. The summed E-state index contributed by atoms with van der Waals surface area (Å²) in [6.45, 7) is 0. The standard InChI is InChI=1S/C12H10ClFN2/c13-10-3-1-8(2-4-10)12(15)9-5-6-16-11(14)7-9/h1-7,12H,15H2. The van der Waals surface area contributed by atoms with E-state index in [9.17, 15) is 4.39 Å². The van der Waals surface area contributed by atoms with Crippen LogP contribution in [0.2, 0.25) is 5.02 Å². The fourth-order valence-electron chi connectivity index (χ4n) is 1.47. The van der Waals surface area contributed by atoms with Gasteiger partial charge in [0, 0.05) is 11.2 Å². The van der Waals surface area contributed by atoms with Crippen LogP contribution in [0.1, 0.15) is 17.2 Å². The van der Waals surface area contributed by atoms with E-state index < -0.39 is 5.95 Å². The Labute approximate surface area is 97.9 Å². The third-order valence-corrected chi connectivity index (χ3v) is 2.59. The molecule has 82 valence electrons. The van der Waals surface area contributed by atoms with Crippen molar-refractivity contribution < 1.29 is 4.39 Å². The van der Waals surface area contributed by atoms with E-state index in [1.54, 1.807) is 18.2 Å². The lowest BCUT2D eigenvalue weighted by Gasteiger charge is -2.12. The highest BCUT2D eigenvalue weighted by atomic mass is 35.5. The minimum atomic E-state index is -0.526. The van der Waals surface area contributed by atoms with Crippen molar-refractivity contribution in [3.05, 3.63) is 64.7 Å². The van der Waals surface area contributed by atoms with Gasteiger partial charge in [-0.3, -0.25) is 0 Å². The molecule has 4 heteroatoms. The van der Waals surface area contributed by atoms with Crippen LogP contribution in [-0.4, -0.2) is 4.98 Å². The van der Waals surface area contributed by atoms with E-state index in [1.807, 2.05) is 12.1 Å². The fourth-order valence-corrected chi connectivity index (χ4v) is 1.60. The molecule has 0 bridgehead atoms. The molecule has 0 saturated heterocycles. The van der Waals surface area contributed by atoms with E-state index >= 15 is 0 Å². The second-order valence-corrected chi connectivity index (χ2v) is 3.88. The Morgan fingerprint density at radius 1 is 1.12 bits per heavy atom. The number of pyridine rings is 1. The van der Waals surface area contributed by atoms with E-state index in [2.05, 4.69) is 4.98 Å². The van der Waals surface area contributed by atoms with E-state index in [0.717, 1.165) is 5.56 Å². The smallest absolute Gasteiger partial charge is 0.213 e. The van der Waals surface area contributed by atoms with Gasteiger partial charge >= 0.3 is 0 Å². The predicted molar refractivity (Wildman–Crippen MR) is 61.7 cm³/mol. The van der Waals surface area contributed by atoms with Gasteiger partial charge in [0.15, 0.2) is 0 Å². The Bertz CT molecular complexity index is 485. The van der Waals surface area contributed by atoms with Crippen molar-refractivity contribution in [2.75, 3.05) is 0 Å². The molecule has 0 saturated carbocycles. The van der Waals surface area contributed by atoms with Crippen molar-refractivity contribution >= 4 is 11.6 Å². The van der Waals surface area contributed by atoms with Crippen LogP contribution in [0, 0.1) is 5.95 Å². The zero-order valence-corrected chi connectivity index (χ0v) is 9.16. The average molecular weight is 237 g/mol. The van der Waals surface area contributed by atoms with E-state index in [0.29, 0.717) is 10.6 Å². The van der Waals surface area contributed by atoms with Gasteiger partial charge in [-0.2, -0.15) is 4.39 Å². The molecule has 0 radical (unpaired) electrons. The van der Waals surface area contributed by atoms with Crippen molar-refractivity contribution in [1.82, 2.24) is 4.98 Å². The maximum absolute atomic E-state index is 12.9. The molecule has 0 aliphatic heterocycles. The van der Waals surface area contributed by atoms with Crippen molar-refractivity contribution in [3.63, 3.8) is 0 Å². The van der Waals surface area contributed by atoms with Crippen molar-refractivity contribution in [3.8, 4) is 0 Å². The summed E-state index contributed by atoms with van der Waals surface area (Å²) in [5.41, 5.74) is 7.57. The van der Waals surface area contributed by atoms with Gasteiger partial charge in [0.1, 0.15) is 0 Å². The normalized spacial score (nSPS) is 12.4. The van der Waals surface area contributed by atoms with Gasteiger partial charge in [-0.15, -0.1) is 0 Å². The van der Waals surface area contributed by atoms with E-state index in [-0.39, 0.29) is 6.04 Å². The van der Waals surface area contributed by atoms with E-state index in [4.69, 9.17) is 17.3 Å². The van der Waals surface area contributed by atoms with Crippen LogP contribution in [0.5, 0.6) is 0 Å². The number of nitrogens with zero attached hydrogens (tertiary/aromatic N) is 1. The Hall–Kier alpha value is -1.45. The lowest BCUT2D eigenvalue weighted by Crippen LogP contribution is -2.12. The second-order valence-electron chi connectivity index (χ2n) is 3.44. The lowest BCUT2D eigenvalue weighted by molar-refractivity contribution is 0.579. The molecular weight excluding hydrogens is 227 g/mol. The van der Waals surface area contributed by atoms with Gasteiger partial charge in [0.05, 0.1) is 6.04 Å². The van der Waals surface area contributed by atoms with Crippen LogP contribution in [0.3, 0.4) is 0 Å². The van der Waals surface area contributed by atoms with Crippen LogP contribution in [0.4, 0.5) is 4.39 Å². The molecule has 1 unspecified atom stereocenters. The minimum absolute atomic E-state index is 0.366. The highest BCUT2D eigenvalue weighted by Crippen LogP contribution is 2.21. The monoisotopic (exact) mass is 236 g/mol. The number of nitrogens with two attached hydrogens (primary N) is 1. The Morgan fingerprint density at radius 3 is 2.44 bits per heavy atom. The summed E-state index contributed by atoms with van der Waals surface area (Å²) in [5, 5.41) is 0.650. The maximum atomic E-state index is 12.9. The molecule has 0 spiro atoms. The quantitative estimate of drug-likeness (QED) is 0.815. The number of hydrogen-bond acceptors (Lipinski definition) is 2. The molecule has 0 amide bonds. The summed E-state index contributed by atoms with van der Waals surface area (Å²) in [5.74, 6) is -0.526. The third-order valence-electron chi connectivity index (χ3n) is 2.34. The first-order valence-corrected chi connectivity index (χ1v) is 5.17. The summed E-state index contributed by atoms with van der Waals surface area (Å²) in [6, 6.07) is 9.83. The summed E-state index contributed by atoms with van der Waals surface area (Å²) < 4.78 is 12.9. The van der Waals surface area contributed by atoms with Crippen LogP contribution >= 0.6 is 11.6 Å². The summed E-state index contributed by atoms with van der Waals surface area (Å²) in [7, 11) is 0. The van der Waals surface area contributed by atoms with E-state index in [1.165, 1.54) is 12.3 Å². The highest BCUT2D eigenvalue weighted by molar-refractivity contribution is 6.30. The first-order chi connectivity index (χ1) is 7.66. The molecule has 2 rings (SSSR count). The minimum Gasteiger partial charge on any atom is -0.320 e. The summed E-state index contributed by atoms with van der Waals surface area (Å²) in [6.07, 6.45) is 1.40. The number of rotatable bonds is 2. The number of hydrogen-bond donors (Lipinski definition) is 1. The molecule has 16 heavy (non-hydrogen) atoms. The van der Waals surface area contributed by atoms with Crippen molar-refractivity contribution in [2.24, 2.45) is 5.73 Å². The van der Waals surface area contributed by atoms with Gasteiger partial charge < -0.3 is 5.73 Å². The van der Waals surface area contributed by atoms with Crippen molar-refractivity contribution in [2.45, 2.75) is 6.04 Å². The first kappa shape index (κ1) is 11.0. The molecule has 1 heterocycles. The topological polar surface area (TPSA) is 38.9 Å². The van der Waals surface area contributed by atoms with Crippen LogP contribution < -0.4 is 5.73 Å². The number of benzene rings is 1. The zero-order chi connectivity index (χ0) is 11.5. The van der Waals surface area contributed by atoms with Gasteiger partial charge in [0.25, 0.3) is 0 Å². The molecule has 1 aromatic heterocycles. The lowest BCUT2D eigenvalue weighted by atomic mass is 10.0. The largest absolute Gasteiger partial charge is 0.320 e. The van der Waals surface area contributed by atoms with Crippen LogP contribution in [0.15, 0.2) is 42.6 Å². The third kappa shape index (κ3) is 2.38. The molecule has 2 N–H and O–H groups in total. The molecular formula is C12H10ClFN2. The van der Waals surface area contributed by atoms with Crippen molar-refractivity contribution in [1.29, 1.82) is 0 Å². The predicted octanol–water partition coefficient (Wildman–Crippen LogP) is 2.92. The maximum Gasteiger partial charge on any atom is 0.213 e. The van der Waals surface area contributed by atoms with Crippen LogP contribution in [-0.2, 0) is 0 Å². The van der Waals surface area contributed by atoms with Gasteiger partial charge in [-0.25, -0.2) is 4.98 Å².